The molecule has 0 radical (unpaired) electrons. The zero-order valence-electron chi connectivity index (χ0n) is 18.6. The lowest BCUT2D eigenvalue weighted by atomic mass is 9.89. The van der Waals surface area contributed by atoms with Crippen LogP contribution < -0.4 is 15.5 Å². The van der Waals surface area contributed by atoms with Crippen molar-refractivity contribution in [3.05, 3.63) is 30.3 Å². The second kappa shape index (κ2) is 14.0. The first-order valence-electron chi connectivity index (χ1n) is 10.7. The molecule has 1 heterocycles. The van der Waals surface area contributed by atoms with Gasteiger partial charge in [0.25, 0.3) is 0 Å². The number of aliphatic imine (C=N–C) groups is 1. The normalized spacial score (nSPS) is 16.2. The Balaban J connectivity index is 0.00000420. The highest BCUT2D eigenvalue weighted by atomic mass is 127. The van der Waals surface area contributed by atoms with Gasteiger partial charge in [-0.15, -0.1) is 24.0 Å². The van der Waals surface area contributed by atoms with Crippen molar-refractivity contribution in [1.29, 1.82) is 0 Å². The molecule has 7 heteroatoms. The fraction of sp³-hybridized carbons (Fsp3) is 0.682. The number of rotatable bonds is 10. The highest BCUT2D eigenvalue weighted by Crippen LogP contribution is 2.26. The first-order valence-corrected chi connectivity index (χ1v) is 10.7. The second-order valence-corrected chi connectivity index (χ2v) is 7.62. The standard InChI is InChI=1S/C22H39N5O.HI/c1-5-23-21(25-19-22(26(3)4)13-17-28-18-14-22)24-15-10-16-27(6-2)20-11-8-7-9-12-20;/h7-9,11-12H,5-6,10,13-19H2,1-4H3,(H2,23,24,25);1H. The molecule has 1 aromatic rings. The van der Waals surface area contributed by atoms with Gasteiger partial charge in [0.1, 0.15) is 0 Å². The maximum Gasteiger partial charge on any atom is 0.191 e. The summed E-state index contributed by atoms with van der Waals surface area (Å²) in [4.78, 5) is 9.64. The molecule has 1 aromatic carbocycles. The number of nitrogens with zero attached hydrogens (tertiary/aromatic N) is 3. The van der Waals surface area contributed by atoms with E-state index in [4.69, 9.17) is 9.73 Å². The van der Waals surface area contributed by atoms with Gasteiger partial charge in [0, 0.05) is 50.6 Å². The summed E-state index contributed by atoms with van der Waals surface area (Å²) in [6.07, 6.45) is 3.14. The maximum absolute atomic E-state index is 5.57. The van der Waals surface area contributed by atoms with Gasteiger partial charge in [0.15, 0.2) is 5.96 Å². The van der Waals surface area contributed by atoms with Crippen LogP contribution in [0.2, 0.25) is 0 Å². The first-order chi connectivity index (χ1) is 13.6. The lowest BCUT2D eigenvalue weighted by Crippen LogP contribution is -2.51. The maximum atomic E-state index is 5.57. The highest BCUT2D eigenvalue weighted by Gasteiger charge is 2.34. The van der Waals surface area contributed by atoms with E-state index in [0.717, 1.165) is 71.2 Å². The van der Waals surface area contributed by atoms with Crippen LogP contribution in [0.4, 0.5) is 5.69 Å². The van der Waals surface area contributed by atoms with E-state index in [-0.39, 0.29) is 29.5 Å². The van der Waals surface area contributed by atoms with Gasteiger partial charge in [-0.05, 0) is 59.3 Å². The molecule has 0 amide bonds. The smallest absolute Gasteiger partial charge is 0.191 e. The van der Waals surface area contributed by atoms with Gasteiger partial charge in [0.2, 0.25) is 0 Å². The van der Waals surface area contributed by atoms with Crippen molar-refractivity contribution in [3.8, 4) is 0 Å². The van der Waals surface area contributed by atoms with E-state index in [1.54, 1.807) is 0 Å². The van der Waals surface area contributed by atoms with Crippen molar-refractivity contribution in [2.75, 3.05) is 64.9 Å². The zero-order chi connectivity index (χ0) is 20.2. The van der Waals surface area contributed by atoms with Crippen LogP contribution in [0.5, 0.6) is 0 Å². The summed E-state index contributed by atoms with van der Waals surface area (Å²) < 4.78 is 5.57. The first kappa shape index (κ1) is 26.0. The minimum Gasteiger partial charge on any atom is -0.381 e. The Bertz CT molecular complexity index is 576. The second-order valence-electron chi connectivity index (χ2n) is 7.62. The summed E-state index contributed by atoms with van der Waals surface area (Å²) in [5.74, 6) is 0.915. The third kappa shape index (κ3) is 8.30. The van der Waals surface area contributed by atoms with Crippen molar-refractivity contribution >= 4 is 35.6 Å². The lowest BCUT2D eigenvalue weighted by Gasteiger charge is -2.41. The van der Waals surface area contributed by atoms with Crippen LogP contribution in [-0.4, -0.2) is 76.4 Å². The monoisotopic (exact) mass is 517 g/mol. The third-order valence-corrected chi connectivity index (χ3v) is 5.65. The predicted octanol–water partition coefficient (Wildman–Crippen LogP) is 3.19. The van der Waals surface area contributed by atoms with Crippen LogP contribution in [0.25, 0.3) is 0 Å². The van der Waals surface area contributed by atoms with Crippen LogP contribution in [0.1, 0.15) is 33.1 Å². The average molecular weight is 518 g/mol. The molecule has 0 saturated carbocycles. The number of nitrogens with one attached hydrogen (secondary N) is 2. The number of para-hydroxylation sites is 1. The van der Waals surface area contributed by atoms with E-state index >= 15 is 0 Å². The molecule has 2 N–H and O–H groups in total. The largest absolute Gasteiger partial charge is 0.381 e. The minimum absolute atomic E-state index is 0. The minimum atomic E-state index is 0. The average Bonchev–Trinajstić information content (AvgIpc) is 2.73. The molecular formula is C22H40IN5O. The number of likely N-dealkylation sites (N-methyl/N-ethyl adjacent to an activating group) is 1. The number of hydrogen-bond acceptors (Lipinski definition) is 4. The highest BCUT2D eigenvalue weighted by molar-refractivity contribution is 14.0. The zero-order valence-corrected chi connectivity index (χ0v) is 20.9. The molecule has 1 fully saturated rings. The van der Waals surface area contributed by atoms with E-state index in [1.807, 2.05) is 0 Å². The van der Waals surface area contributed by atoms with Gasteiger partial charge in [-0.1, -0.05) is 18.2 Å². The molecule has 0 aliphatic carbocycles. The van der Waals surface area contributed by atoms with E-state index in [2.05, 4.69) is 78.7 Å². The molecule has 1 aliphatic heterocycles. The molecule has 2 rings (SSSR count). The Kier molecular flexibility index (Phi) is 12.6. The van der Waals surface area contributed by atoms with E-state index in [0.29, 0.717) is 0 Å². The Morgan fingerprint density at radius 1 is 1.10 bits per heavy atom. The Morgan fingerprint density at radius 3 is 2.38 bits per heavy atom. The SMILES string of the molecule is CCNC(=NCC1(N(C)C)CCOCC1)NCCCN(CC)c1ccccc1.I. The molecule has 0 unspecified atom stereocenters. The van der Waals surface area contributed by atoms with Crippen molar-refractivity contribution in [1.82, 2.24) is 15.5 Å². The van der Waals surface area contributed by atoms with Crippen LogP contribution in [0.15, 0.2) is 35.3 Å². The molecule has 1 saturated heterocycles. The molecule has 0 atom stereocenters. The number of hydrogen-bond donors (Lipinski definition) is 2. The van der Waals surface area contributed by atoms with Crippen molar-refractivity contribution in [2.24, 2.45) is 4.99 Å². The molecule has 6 nitrogen and oxygen atoms in total. The molecule has 0 spiro atoms. The Morgan fingerprint density at radius 2 is 1.79 bits per heavy atom. The Hall–Kier alpha value is -1.06. The summed E-state index contributed by atoms with van der Waals surface area (Å²) in [6.45, 7) is 10.6. The van der Waals surface area contributed by atoms with Gasteiger partial charge in [-0.2, -0.15) is 0 Å². The summed E-state index contributed by atoms with van der Waals surface area (Å²) in [5, 5.41) is 6.90. The van der Waals surface area contributed by atoms with Gasteiger partial charge in [-0.3, -0.25) is 4.99 Å². The molecular weight excluding hydrogens is 477 g/mol. The number of guanidine groups is 1. The predicted molar refractivity (Wildman–Crippen MR) is 135 cm³/mol. The van der Waals surface area contributed by atoms with E-state index < -0.39 is 0 Å². The molecule has 29 heavy (non-hydrogen) atoms. The van der Waals surface area contributed by atoms with Crippen molar-refractivity contribution in [2.45, 2.75) is 38.6 Å². The van der Waals surface area contributed by atoms with E-state index in [9.17, 15) is 0 Å². The number of anilines is 1. The van der Waals surface area contributed by atoms with Crippen LogP contribution in [0.3, 0.4) is 0 Å². The number of benzene rings is 1. The summed E-state index contributed by atoms with van der Waals surface area (Å²) >= 11 is 0. The summed E-state index contributed by atoms with van der Waals surface area (Å²) in [7, 11) is 4.31. The van der Waals surface area contributed by atoms with E-state index in [1.165, 1.54) is 5.69 Å². The van der Waals surface area contributed by atoms with Crippen LogP contribution in [0, 0.1) is 0 Å². The molecule has 0 aromatic heterocycles. The summed E-state index contributed by atoms with van der Waals surface area (Å²) in [6, 6.07) is 10.6. The van der Waals surface area contributed by atoms with Gasteiger partial charge in [-0.25, -0.2) is 0 Å². The number of halogens is 1. The lowest BCUT2D eigenvalue weighted by molar-refractivity contribution is -0.00254. The molecule has 0 bridgehead atoms. The van der Waals surface area contributed by atoms with Crippen LogP contribution >= 0.6 is 24.0 Å². The van der Waals surface area contributed by atoms with Gasteiger partial charge < -0.3 is 25.2 Å². The topological polar surface area (TPSA) is 52.1 Å². The van der Waals surface area contributed by atoms with Gasteiger partial charge in [0.05, 0.1) is 6.54 Å². The summed E-state index contributed by atoms with van der Waals surface area (Å²) in [5.41, 5.74) is 1.39. The van der Waals surface area contributed by atoms with Crippen molar-refractivity contribution in [3.63, 3.8) is 0 Å². The Labute approximate surface area is 194 Å². The fourth-order valence-corrected chi connectivity index (χ4v) is 3.65. The molecule has 1 aliphatic rings. The number of ether oxygens (including phenoxy) is 1. The van der Waals surface area contributed by atoms with Crippen molar-refractivity contribution < 1.29 is 4.74 Å². The van der Waals surface area contributed by atoms with Crippen LogP contribution in [-0.2, 0) is 4.74 Å². The fourth-order valence-electron chi connectivity index (χ4n) is 3.65. The third-order valence-electron chi connectivity index (χ3n) is 5.65. The van der Waals surface area contributed by atoms with Gasteiger partial charge >= 0.3 is 0 Å². The molecule has 166 valence electrons. The quantitative estimate of drug-likeness (QED) is 0.216.